The molecule has 0 radical (unpaired) electrons. The van der Waals surface area contributed by atoms with E-state index in [-0.39, 0.29) is 23.8 Å². The second kappa shape index (κ2) is 8.23. The molecule has 0 bridgehead atoms. The highest BCUT2D eigenvalue weighted by molar-refractivity contribution is 6.30. The average molecular weight is 399 g/mol. The average Bonchev–Trinajstić information content (AvgIpc) is 2.74. The fourth-order valence-electron chi connectivity index (χ4n) is 3.90. The van der Waals surface area contributed by atoms with Gasteiger partial charge >= 0.3 is 0 Å². The lowest BCUT2D eigenvalue weighted by Gasteiger charge is -2.33. The van der Waals surface area contributed by atoms with Crippen molar-refractivity contribution in [3.63, 3.8) is 0 Å². The molecule has 2 aromatic carbocycles. The molecule has 6 heteroatoms. The van der Waals surface area contributed by atoms with E-state index in [1.54, 1.807) is 24.3 Å². The number of likely N-dealkylation sites (tertiary alicyclic amines) is 1. The summed E-state index contributed by atoms with van der Waals surface area (Å²) in [5.74, 6) is 0.848. The van der Waals surface area contributed by atoms with Gasteiger partial charge in [0, 0.05) is 41.6 Å². The Morgan fingerprint density at radius 3 is 2.46 bits per heavy atom. The molecular formula is C22H23ClN2O3. The number of benzene rings is 2. The van der Waals surface area contributed by atoms with Gasteiger partial charge in [-0.2, -0.15) is 0 Å². The molecular weight excluding hydrogens is 376 g/mol. The summed E-state index contributed by atoms with van der Waals surface area (Å²) in [5.41, 5.74) is 1.67. The Kier molecular flexibility index (Phi) is 5.53. The van der Waals surface area contributed by atoms with Crippen molar-refractivity contribution in [2.45, 2.75) is 25.3 Å². The molecule has 0 spiro atoms. The zero-order valence-corrected chi connectivity index (χ0v) is 16.3. The normalized spacial score (nSPS) is 19.5. The smallest absolute Gasteiger partial charge is 0.253 e. The van der Waals surface area contributed by atoms with Crippen molar-refractivity contribution >= 4 is 23.4 Å². The lowest BCUT2D eigenvalue weighted by atomic mass is 9.93. The first-order valence-corrected chi connectivity index (χ1v) is 10.1. The minimum Gasteiger partial charge on any atom is -0.493 e. The fourth-order valence-corrected chi connectivity index (χ4v) is 4.03. The molecule has 4 rings (SSSR count). The standard InChI is InChI=1S/C22H23ClN2O3/c23-17-7-5-16(6-8-17)22(27)25-12-9-15(10-13-25)21(26)24-19-11-14-28-20-4-2-1-3-18(19)20/h1-8,15,19H,9-14H2,(H,24,26)/t19-/m0/s1. The number of halogens is 1. The van der Waals surface area contributed by atoms with Crippen LogP contribution in [0, 0.1) is 5.92 Å². The number of fused-ring (bicyclic) bond motifs is 1. The molecule has 2 aliphatic rings. The van der Waals surface area contributed by atoms with Crippen LogP contribution < -0.4 is 10.1 Å². The minimum atomic E-state index is -0.0655. The Hall–Kier alpha value is -2.53. The van der Waals surface area contributed by atoms with Gasteiger partial charge in [0.25, 0.3) is 5.91 Å². The predicted molar refractivity (Wildman–Crippen MR) is 108 cm³/mol. The van der Waals surface area contributed by atoms with Gasteiger partial charge in [0.2, 0.25) is 5.91 Å². The van der Waals surface area contributed by atoms with Gasteiger partial charge in [-0.15, -0.1) is 0 Å². The summed E-state index contributed by atoms with van der Waals surface area (Å²) in [6, 6.07) is 14.8. The lowest BCUT2D eigenvalue weighted by Crippen LogP contribution is -2.44. The Labute approximate surface area is 169 Å². The third kappa shape index (κ3) is 3.99. The number of carbonyl (C=O) groups is 2. The van der Waals surface area contributed by atoms with Crippen LogP contribution >= 0.6 is 11.6 Å². The maximum Gasteiger partial charge on any atom is 0.253 e. The molecule has 0 aromatic heterocycles. The van der Waals surface area contributed by atoms with Crippen LogP contribution in [-0.4, -0.2) is 36.4 Å². The number of para-hydroxylation sites is 1. The summed E-state index contributed by atoms with van der Waals surface area (Å²) in [6.45, 7) is 1.78. The maximum atomic E-state index is 12.8. The van der Waals surface area contributed by atoms with Crippen molar-refractivity contribution in [3.05, 3.63) is 64.7 Å². The van der Waals surface area contributed by atoms with Crippen LogP contribution in [0.2, 0.25) is 5.02 Å². The van der Waals surface area contributed by atoms with Gasteiger partial charge in [-0.3, -0.25) is 9.59 Å². The number of ether oxygens (including phenoxy) is 1. The van der Waals surface area contributed by atoms with E-state index in [0.29, 0.717) is 43.1 Å². The molecule has 1 saturated heterocycles. The number of carbonyl (C=O) groups excluding carboxylic acids is 2. The largest absolute Gasteiger partial charge is 0.493 e. The Bertz CT molecular complexity index is 860. The van der Waals surface area contributed by atoms with Gasteiger partial charge < -0.3 is 15.0 Å². The molecule has 1 fully saturated rings. The van der Waals surface area contributed by atoms with Crippen molar-refractivity contribution in [2.75, 3.05) is 19.7 Å². The Morgan fingerprint density at radius 1 is 1.00 bits per heavy atom. The van der Waals surface area contributed by atoms with Gasteiger partial charge in [-0.05, 0) is 43.2 Å². The zero-order valence-electron chi connectivity index (χ0n) is 15.6. The molecule has 1 N–H and O–H groups in total. The fraction of sp³-hybridized carbons (Fsp3) is 0.364. The SMILES string of the molecule is O=C(N[C@H]1CCOc2ccccc21)C1CCN(C(=O)c2ccc(Cl)cc2)CC1. The summed E-state index contributed by atoms with van der Waals surface area (Å²) < 4.78 is 5.67. The molecule has 0 aliphatic carbocycles. The van der Waals surface area contributed by atoms with Gasteiger partial charge in [-0.25, -0.2) is 0 Å². The third-order valence-electron chi connectivity index (χ3n) is 5.52. The predicted octanol–water partition coefficient (Wildman–Crippen LogP) is 3.83. The number of piperidine rings is 1. The molecule has 0 unspecified atom stereocenters. The van der Waals surface area contributed by atoms with Gasteiger partial charge in [0.05, 0.1) is 12.6 Å². The number of amides is 2. The second-order valence-electron chi connectivity index (χ2n) is 7.31. The minimum absolute atomic E-state index is 0.00567. The van der Waals surface area contributed by atoms with Crippen LogP contribution in [0.3, 0.4) is 0 Å². The van der Waals surface area contributed by atoms with Gasteiger partial charge in [0.15, 0.2) is 0 Å². The van der Waals surface area contributed by atoms with E-state index in [0.717, 1.165) is 17.7 Å². The molecule has 5 nitrogen and oxygen atoms in total. The van der Waals surface area contributed by atoms with E-state index < -0.39 is 0 Å². The van der Waals surface area contributed by atoms with Crippen LogP contribution in [0.1, 0.15) is 41.2 Å². The van der Waals surface area contributed by atoms with E-state index in [4.69, 9.17) is 16.3 Å². The summed E-state index contributed by atoms with van der Waals surface area (Å²) >= 11 is 5.89. The van der Waals surface area contributed by atoms with E-state index in [1.165, 1.54) is 0 Å². The monoisotopic (exact) mass is 398 g/mol. The number of rotatable bonds is 3. The topological polar surface area (TPSA) is 58.6 Å². The first-order valence-electron chi connectivity index (χ1n) is 9.69. The van der Waals surface area contributed by atoms with E-state index in [2.05, 4.69) is 5.32 Å². The highest BCUT2D eigenvalue weighted by Crippen LogP contribution is 2.32. The van der Waals surface area contributed by atoms with Crippen LogP contribution in [0.25, 0.3) is 0 Å². The van der Waals surface area contributed by atoms with Crippen molar-refractivity contribution in [1.29, 1.82) is 0 Å². The van der Waals surface area contributed by atoms with E-state index in [9.17, 15) is 9.59 Å². The number of nitrogens with zero attached hydrogens (tertiary/aromatic N) is 1. The van der Waals surface area contributed by atoms with E-state index in [1.807, 2.05) is 29.2 Å². The third-order valence-corrected chi connectivity index (χ3v) is 5.77. The Balaban J connectivity index is 1.33. The number of hydrogen-bond donors (Lipinski definition) is 1. The zero-order chi connectivity index (χ0) is 19.5. The van der Waals surface area contributed by atoms with Crippen LogP contribution in [-0.2, 0) is 4.79 Å². The molecule has 146 valence electrons. The van der Waals surface area contributed by atoms with Crippen molar-refractivity contribution in [2.24, 2.45) is 5.92 Å². The molecule has 28 heavy (non-hydrogen) atoms. The Morgan fingerprint density at radius 2 is 1.71 bits per heavy atom. The van der Waals surface area contributed by atoms with Gasteiger partial charge in [-0.1, -0.05) is 29.8 Å². The van der Waals surface area contributed by atoms with Crippen LogP contribution in [0.5, 0.6) is 5.75 Å². The van der Waals surface area contributed by atoms with Crippen molar-refractivity contribution < 1.29 is 14.3 Å². The quantitative estimate of drug-likeness (QED) is 0.854. The van der Waals surface area contributed by atoms with Crippen LogP contribution in [0.15, 0.2) is 48.5 Å². The first-order chi connectivity index (χ1) is 13.6. The van der Waals surface area contributed by atoms with Crippen molar-refractivity contribution in [3.8, 4) is 5.75 Å². The first kappa shape index (κ1) is 18.8. The molecule has 1 atom stereocenters. The molecule has 2 amide bonds. The van der Waals surface area contributed by atoms with E-state index >= 15 is 0 Å². The lowest BCUT2D eigenvalue weighted by molar-refractivity contribution is -0.127. The van der Waals surface area contributed by atoms with Crippen molar-refractivity contribution in [1.82, 2.24) is 10.2 Å². The highest BCUT2D eigenvalue weighted by atomic mass is 35.5. The van der Waals surface area contributed by atoms with Crippen LogP contribution in [0.4, 0.5) is 0 Å². The number of nitrogens with one attached hydrogen (secondary N) is 1. The highest BCUT2D eigenvalue weighted by Gasteiger charge is 2.30. The maximum absolute atomic E-state index is 12.8. The summed E-state index contributed by atoms with van der Waals surface area (Å²) in [5, 5.41) is 3.80. The second-order valence-corrected chi connectivity index (χ2v) is 7.75. The van der Waals surface area contributed by atoms with Gasteiger partial charge in [0.1, 0.15) is 5.75 Å². The molecule has 0 saturated carbocycles. The molecule has 2 aliphatic heterocycles. The number of hydrogen-bond acceptors (Lipinski definition) is 3. The summed E-state index contributed by atoms with van der Waals surface area (Å²) in [4.78, 5) is 27.2. The molecule has 2 heterocycles. The summed E-state index contributed by atoms with van der Waals surface area (Å²) in [7, 11) is 0. The molecule has 2 aromatic rings. The summed E-state index contributed by atoms with van der Waals surface area (Å²) in [6.07, 6.45) is 2.13.